The third-order valence-corrected chi connectivity index (χ3v) is 2.08. The van der Waals surface area contributed by atoms with E-state index < -0.39 is 0 Å². The number of benzene rings is 2. The quantitative estimate of drug-likeness (QED) is 0.590. The second-order valence-electron chi connectivity index (χ2n) is 3.06. The lowest BCUT2D eigenvalue weighted by Crippen LogP contribution is -1.80. The monoisotopic (exact) mass is 166 g/mol. The third kappa shape index (κ3) is 1.27. The molecule has 0 aliphatic heterocycles. The Labute approximate surface area is 77.2 Å². The van der Waals surface area contributed by atoms with E-state index in [1.807, 2.05) is 31.2 Å². The molecular weight excluding hydrogens is 158 g/mol. The van der Waals surface area contributed by atoms with Gasteiger partial charge in [-0.15, -0.1) is 0 Å². The first-order valence-electron chi connectivity index (χ1n) is 4.12. The van der Waals surface area contributed by atoms with Crippen LogP contribution in [0.3, 0.4) is 0 Å². The zero-order valence-corrected chi connectivity index (χ0v) is 7.33. The molecule has 2 aromatic rings. The number of fused-ring (bicyclic) bond motifs is 1. The lowest BCUT2D eigenvalue weighted by atomic mass is 10.0. The van der Waals surface area contributed by atoms with Gasteiger partial charge >= 0.3 is 0 Å². The van der Waals surface area contributed by atoms with Crippen molar-refractivity contribution in [3.63, 3.8) is 0 Å². The number of nitrogens with zero attached hydrogens (tertiary/aromatic N) is 1. The Balaban J connectivity index is 2.89. The minimum Gasteiger partial charge on any atom is -0.192 e. The molecule has 0 saturated heterocycles. The van der Waals surface area contributed by atoms with Crippen LogP contribution >= 0.6 is 0 Å². The van der Waals surface area contributed by atoms with Crippen molar-refractivity contribution < 1.29 is 0 Å². The zero-order valence-electron chi connectivity index (χ0n) is 7.33. The van der Waals surface area contributed by atoms with E-state index >= 15 is 0 Å². The fourth-order valence-corrected chi connectivity index (χ4v) is 1.42. The number of nitriles is 1. The molecule has 1 radical (unpaired) electrons. The maximum Gasteiger partial charge on any atom is 0.100 e. The van der Waals surface area contributed by atoms with Crippen molar-refractivity contribution in [3.05, 3.63) is 47.5 Å². The molecule has 2 aromatic carbocycles. The van der Waals surface area contributed by atoms with Crippen LogP contribution in [0, 0.1) is 24.3 Å². The topological polar surface area (TPSA) is 23.8 Å². The number of hydrogen-bond donors (Lipinski definition) is 0. The molecule has 1 heteroatoms. The maximum atomic E-state index is 8.85. The van der Waals surface area contributed by atoms with E-state index in [1.54, 1.807) is 6.07 Å². The van der Waals surface area contributed by atoms with E-state index in [-0.39, 0.29) is 0 Å². The van der Waals surface area contributed by atoms with Crippen LogP contribution in [-0.2, 0) is 0 Å². The number of hydrogen-bond acceptors (Lipinski definition) is 1. The molecule has 0 atom stereocenters. The molecular formula is C12H8N. The second kappa shape index (κ2) is 2.91. The molecule has 0 unspecified atom stereocenters. The highest BCUT2D eigenvalue weighted by molar-refractivity contribution is 5.88. The molecule has 0 bridgehead atoms. The first-order chi connectivity index (χ1) is 6.31. The summed E-state index contributed by atoms with van der Waals surface area (Å²) >= 11 is 0. The Morgan fingerprint density at radius 1 is 1.31 bits per heavy atom. The SMILES string of the molecule is Cc1ccc2cc[c]c(C#N)c2c1. The van der Waals surface area contributed by atoms with Crippen molar-refractivity contribution in [2.24, 2.45) is 0 Å². The average molecular weight is 166 g/mol. The van der Waals surface area contributed by atoms with Crippen LogP contribution in [0.4, 0.5) is 0 Å². The van der Waals surface area contributed by atoms with Gasteiger partial charge < -0.3 is 0 Å². The normalized spacial score (nSPS) is 9.85. The van der Waals surface area contributed by atoms with E-state index in [2.05, 4.69) is 12.1 Å². The summed E-state index contributed by atoms with van der Waals surface area (Å²) in [5.74, 6) is 0. The fraction of sp³-hybridized carbons (Fsp3) is 0.0833. The van der Waals surface area contributed by atoms with E-state index in [0.717, 1.165) is 10.8 Å². The van der Waals surface area contributed by atoms with Crippen LogP contribution < -0.4 is 0 Å². The molecule has 0 amide bonds. The fourth-order valence-electron chi connectivity index (χ4n) is 1.42. The predicted molar refractivity (Wildman–Crippen MR) is 52.2 cm³/mol. The van der Waals surface area contributed by atoms with Crippen molar-refractivity contribution in [2.75, 3.05) is 0 Å². The molecule has 13 heavy (non-hydrogen) atoms. The summed E-state index contributed by atoms with van der Waals surface area (Å²) < 4.78 is 0. The van der Waals surface area contributed by atoms with Gasteiger partial charge in [0.05, 0.1) is 5.56 Å². The minimum absolute atomic E-state index is 0.626. The molecule has 0 aromatic heterocycles. The van der Waals surface area contributed by atoms with Gasteiger partial charge in [0.15, 0.2) is 0 Å². The average Bonchev–Trinajstić information content (AvgIpc) is 2.17. The summed E-state index contributed by atoms with van der Waals surface area (Å²) in [5.41, 5.74) is 1.80. The van der Waals surface area contributed by atoms with Crippen LogP contribution in [0.25, 0.3) is 10.8 Å². The number of rotatable bonds is 0. The van der Waals surface area contributed by atoms with E-state index in [4.69, 9.17) is 5.26 Å². The van der Waals surface area contributed by atoms with Crippen molar-refractivity contribution in [2.45, 2.75) is 6.92 Å². The smallest absolute Gasteiger partial charge is 0.100 e. The van der Waals surface area contributed by atoms with Gasteiger partial charge in [-0.05, 0) is 12.3 Å². The molecule has 0 heterocycles. The van der Waals surface area contributed by atoms with Gasteiger partial charge in [0.1, 0.15) is 6.07 Å². The van der Waals surface area contributed by atoms with Crippen molar-refractivity contribution in [3.8, 4) is 6.07 Å². The Bertz CT molecular complexity index is 492. The standard InChI is InChI=1S/C12H8N/c1-9-5-6-10-3-2-4-11(8-13)12(10)7-9/h2-3,5-7H,1H3. The molecule has 1 nitrogen and oxygen atoms in total. The molecule has 0 N–H and O–H groups in total. The molecule has 0 aliphatic carbocycles. The van der Waals surface area contributed by atoms with Crippen LogP contribution in [0.1, 0.15) is 11.1 Å². The van der Waals surface area contributed by atoms with Gasteiger partial charge in [0.2, 0.25) is 0 Å². The van der Waals surface area contributed by atoms with Crippen molar-refractivity contribution in [1.29, 1.82) is 5.26 Å². The second-order valence-corrected chi connectivity index (χ2v) is 3.06. The number of aryl methyl sites for hydroxylation is 1. The van der Waals surface area contributed by atoms with Gasteiger partial charge in [-0.1, -0.05) is 35.9 Å². The van der Waals surface area contributed by atoms with Crippen LogP contribution in [0.2, 0.25) is 0 Å². The Kier molecular flexibility index (Phi) is 1.75. The first kappa shape index (κ1) is 7.82. The molecule has 0 saturated carbocycles. The van der Waals surface area contributed by atoms with Crippen LogP contribution in [-0.4, -0.2) is 0 Å². The summed E-state index contributed by atoms with van der Waals surface area (Å²) in [6.07, 6.45) is 0. The Morgan fingerprint density at radius 3 is 2.92 bits per heavy atom. The Morgan fingerprint density at radius 2 is 2.15 bits per heavy atom. The van der Waals surface area contributed by atoms with E-state index in [0.29, 0.717) is 5.56 Å². The molecule has 2 rings (SSSR count). The minimum atomic E-state index is 0.626. The highest BCUT2D eigenvalue weighted by atomic mass is 14.2. The van der Waals surface area contributed by atoms with Gasteiger partial charge in [0, 0.05) is 11.5 Å². The summed E-state index contributed by atoms with van der Waals surface area (Å²) in [4.78, 5) is 0. The Hall–Kier alpha value is -1.81. The summed E-state index contributed by atoms with van der Waals surface area (Å²) in [5, 5.41) is 10.9. The van der Waals surface area contributed by atoms with Gasteiger partial charge in [0.25, 0.3) is 0 Å². The summed E-state index contributed by atoms with van der Waals surface area (Å²) in [7, 11) is 0. The lowest BCUT2D eigenvalue weighted by Gasteiger charge is -1.99. The molecule has 0 aliphatic rings. The third-order valence-electron chi connectivity index (χ3n) is 2.08. The van der Waals surface area contributed by atoms with Crippen LogP contribution in [0.5, 0.6) is 0 Å². The molecule has 0 fully saturated rings. The molecule has 61 valence electrons. The maximum absolute atomic E-state index is 8.85. The highest BCUT2D eigenvalue weighted by Crippen LogP contribution is 2.18. The van der Waals surface area contributed by atoms with Crippen molar-refractivity contribution in [1.82, 2.24) is 0 Å². The van der Waals surface area contributed by atoms with Gasteiger partial charge in [-0.3, -0.25) is 0 Å². The van der Waals surface area contributed by atoms with Crippen LogP contribution in [0.15, 0.2) is 30.3 Å². The van der Waals surface area contributed by atoms with Gasteiger partial charge in [-0.25, -0.2) is 0 Å². The van der Waals surface area contributed by atoms with E-state index in [1.165, 1.54) is 5.56 Å². The largest absolute Gasteiger partial charge is 0.192 e. The summed E-state index contributed by atoms with van der Waals surface area (Å²) in [6.45, 7) is 2.02. The van der Waals surface area contributed by atoms with Crippen molar-refractivity contribution >= 4 is 10.8 Å². The van der Waals surface area contributed by atoms with Gasteiger partial charge in [-0.2, -0.15) is 5.26 Å². The first-order valence-corrected chi connectivity index (χ1v) is 4.12. The molecule has 0 spiro atoms. The lowest BCUT2D eigenvalue weighted by molar-refractivity contribution is 1.47. The van der Waals surface area contributed by atoms with E-state index in [9.17, 15) is 0 Å². The predicted octanol–water partition coefficient (Wildman–Crippen LogP) is 2.82. The highest BCUT2D eigenvalue weighted by Gasteiger charge is 1.99. The summed E-state index contributed by atoms with van der Waals surface area (Å²) in [6, 6.07) is 14.9. The zero-order chi connectivity index (χ0) is 9.26.